The molecule has 0 spiro atoms. The van der Waals surface area contributed by atoms with Gasteiger partial charge in [-0.3, -0.25) is 15.4 Å². The first-order valence-corrected chi connectivity index (χ1v) is 6.95. The SMILES string of the molecule is COCc1cc(NC(=O)O)ccc1Oc1ccc([N+](=O)[O-])cc1C. The molecule has 0 saturated heterocycles. The zero-order valence-corrected chi connectivity index (χ0v) is 13.1. The van der Waals surface area contributed by atoms with Gasteiger partial charge in [-0.1, -0.05) is 0 Å². The number of rotatable bonds is 6. The van der Waals surface area contributed by atoms with Crippen molar-refractivity contribution in [2.75, 3.05) is 12.4 Å². The molecular formula is C16H16N2O6. The van der Waals surface area contributed by atoms with E-state index in [1.807, 2.05) is 0 Å². The number of hydrogen-bond acceptors (Lipinski definition) is 5. The number of anilines is 1. The lowest BCUT2D eigenvalue weighted by molar-refractivity contribution is -0.384. The average Bonchev–Trinajstić information content (AvgIpc) is 2.51. The van der Waals surface area contributed by atoms with Crippen molar-refractivity contribution < 1.29 is 24.3 Å². The van der Waals surface area contributed by atoms with E-state index in [0.29, 0.717) is 28.3 Å². The highest BCUT2D eigenvalue weighted by molar-refractivity contribution is 5.83. The fraction of sp³-hybridized carbons (Fsp3) is 0.188. The molecule has 2 aromatic carbocycles. The molecule has 0 bridgehead atoms. The molecule has 0 radical (unpaired) electrons. The normalized spacial score (nSPS) is 10.2. The molecule has 8 heteroatoms. The Morgan fingerprint density at radius 3 is 2.54 bits per heavy atom. The first-order valence-electron chi connectivity index (χ1n) is 6.95. The van der Waals surface area contributed by atoms with Crippen molar-refractivity contribution in [2.45, 2.75) is 13.5 Å². The lowest BCUT2D eigenvalue weighted by Crippen LogP contribution is -2.07. The van der Waals surface area contributed by atoms with E-state index in [0.717, 1.165) is 0 Å². The zero-order valence-electron chi connectivity index (χ0n) is 13.1. The molecule has 24 heavy (non-hydrogen) atoms. The number of methoxy groups -OCH3 is 1. The van der Waals surface area contributed by atoms with Gasteiger partial charge in [0.15, 0.2) is 0 Å². The van der Waals surface area contributed by atoms with E-state index in [4.69, 9.17) is 14.6 Å². The Bertz CT molecular complexity index is 775. The molecule has 2 rings (SSSR count). The van der Waals surface area contributed by atoms with Crippen molar-refractivity contribution in [3.05, 3.63) is 57.6 Å². The predicted molar refractivity (Wildman–Crippen MR) is 86.7 cm³/mol. The van der Waals surface area contributed by atoms with Crippen LogP contribution in [0.5, 0.6) is 11.5 Å². The van der Waals surface area contributed by atoms with E-state index in [9.17, 15) is 14.9 Å². The predicted octanol–water partition coefficient (Wildman–Crippen LogP) is 3.93. The number of hydrogen-bond donors (Lipinski definition) is 2. The third-order valence-corrected chi connectivity index (χ3v) is 3.20. The van der Waals surface area contributed by atoms with Gasteiger partial charge in [-0.2, -0.15) is 0 Å². The van der Waals surface area contributed by atoms with Gasteiger partial charge in [0.25, 0.3) is 5.69 Å². The number of nitro groups is 1. The smallest absolute Gasteiger partial charge is 0.409 e. The summed E-state index contributed by atoms with van der Waals surface area (Å²) in [4.78, 5) is 21.0. The topological polar surface area (TPSA) is 111 Å². The second-order valence-corrected chi connectivity index (χ2v) is 4.99. The van der Waals surface area contributed by atoms with Crippen molar-refractivity contribution in [3.8, 4) is 11.5 Å². The van der Waals surface area contributed by atoms with Gasteiger partial charge in [0.2, 0.25) is 0 Å². The number of carbonyl (C=O) groups is 1. The summed E-state index contributed by atoms with van der Waals surface area (Å²) < 4.78 is 10.9. The largest absolute Gasteiger partial charge is 0.465 e. The average molecular weight is 332 g/mol. The molecule has 0 fully saturated rings. The number of ether oxygens (including phenoxy) is 2. The maximum absolute atomic E-state index is 10.8. The molecule has 0 unspecified atom stereocenters. The number of non-ortho nitro benzene ring substituents is 1. The number of carboxylic acid groups (broad SMARTS) is 1. The molecule has 0 aliphatic heterocycles. The van der Waals surface area contributed by atoms with Crippen molar-refractivity contribution in [1.82, 2.24) is 0 Å². The van der Waals surface area contributed by atoms with Gasteiger partial charge in [-0.05, 0) is 36.8 Å². The van der Waals surface area contributed by atoms with Gasteiger partial charge < -0.3 is 14.6 Å². The summed E-state index contributed by atoms with van der Waals surface area (Å²) in [7, 11) is 1.51. The van der Waals surface area contributed by atoms with Crippen LogP contribution in [0.4, 0.5) is 16.2 Å². The van der Waals surface area contributed by atoms with Crippen LogP contribution in [0.25, 0.3) is 0 Å². The van der Waals surface area contributed by atoms with Gasteiger partial charge in [0.1, 0.15) is 11.5 Å². The quantitative estimate of drug-likeness (QED) is 0.612. The molecule has 1 amide bonds. The van der Waals surface area contributed by atoms with E-state index in [1.54, 1.807) is 25.1 Å². The molecule has 0 aliphatic rings. The highest BCUT2D eigenvalue weighted by Gasteiger charge is 2.12. The van der Waals surface area contributed by atoms with Gasteiger partial charge in [-0.25, -0.2) is 4.79 Å². The van der Waals surface area contributed by atoms with E-state index in [-0.39, 0.29) is 12.3 Å². The maximum atomic E-state index is 10.8. The summed E-state index contributed by atoms with van der Waals surface area (Å²) >= 11 is 0. The summed E-state index contributed by atoms with van der Waals surface area (Å²) in [5, 5.41) is 21.8. The van der Waals surface area contributed by atoms with Gasteiger partial charge in [0, 0.05) is 30.5 Å². The molecule has 0 heterocycles. The Morgan fingerprint density at radius 1 is 1.25 bits per heavy atom. The molecular weight excluding hydrogens is 316 g/mol. The summed E-state index contributed by atoms with van der Waals surface area (Å²) in [6.45, 7) is 1.93. The van der Waals surface area contributed by atoms with Crippen LogP contribution in [-0.4, -0.2) is 23.2 Å². The van der Waals surface area contributed by atoms with Gasteiger partial charge >= 0.3 is 6.09 Å². The van der Waals surface area contributed by atoms with Crippen LogP contribution in [0.1, 0.15) is 11.1 Å². The Balaban J connectivity index is 2.31. The monoisotopic (exact) mass is 332 g/mol. The van der Waals surface area contributed by atoms with E-state index < -0.39 is 11.0 Å². The highest BCUT2D eigenvalue weighted by Crippen LogP contribution is 2.32. The molecule has 2 aromatic rings. The number of nitrogens with one attached hydrogen (secondary N) is 1. The highest BCUT2D eigenvalue weighted by atomic mass is 16.6. The standard InChI is InChI=1S/C16H16N2O6/c1-10-7-13(18(21)22)4-6-14(10)24-15-5-3-12(17-16(19)20)8-11(15)9-23-2/h3-8,17H,9H2,1-2H3,(H,19,20). The zero-order chi connectivity index (χ0) is 17.7. The molecule has 0 saturated carbocycles. The van der Waals surface area contributed by atoms with Crippen molar-refractivity contribution >= 4 is 17.5 Å². The Kier molecular flexibility index (Phi) is 5.33. The number of benzene rings is 2. The number of nitro benzene ring substituents is 1. The van der Waals surface area contributed by atoms with Crippen LogP contribution in [0.2, 0.25) is 0 Å². The van der Waals surface area contributed by atoms with Crippen LogP contribution in [0.15, 0.2) is 36.4 Å². The van der Waals surface area contributed by atoms with Crippen molar-refractivity contribution in [3.63, 3.8) is 0 Å². The van der Waals surface area contributed by atoms with Crippen LogP contribution in [0.3, 0.4) is 0 Å². The van der Waals surface area contributed by atoms with Crippen LogP contribution >= 0.6 is 0 Å². The summed E-state index contributed by atoms with van der Waals surface area (Å²) in [5.74, 6) is 0.946. The maximum Gasteiger partial charge on any atom is 0.409 e. The molecule has 0 atom stereocenters. The Labute approximate surface area is 137 Å². The molecule has 126 valence electrons. The van der Waals surface area contributed by atoms with Crippen LogP contribution < -0.4 is 10.1 Å². The lowest BCUT2D eigenvalue weighted by atomic mass is 10.1. The summed E-state index contributed by atoms with van der Waals surface area (Å²) in [6, 6.07) is 9.08. The fourth-order valence-electron chi connectivity index (χ4n) is 2.13. The third-order valence-electron chi connectivity index (χ3n) is 3.20. The molecule has 2 N–H and O–H groups in total. The van der Waals surface area contributed by atoms with Crippen LogP contribution in [-0.2, 0) is 11.3 Å². The van der Waals surface area contributed by atoms with Crippen molar-refractivity contribution in [2.24, 2.45) is 0 Å². The second-order valence-electron chi connectivity index (χ2n) is 4.99. The first kappa shape index (κ1) is 17.2. The van der Waals surface area contributed by atoms with E-state index >= 15 is 0 Å². The summed E-state index contributed by atoms with van der Waals surface area (Å²) in [6.07, 6.45) is -1.17. The minimum Gasteiger partial charge on any atom is -0.465 e. The second kappa shape index (κ2) is 7.42. The third kappa shape index (κ3) is 4.20. The summed E-state index contributed by atoms with van der Waals surface area (Å²) in [5.41, 5.74) is 1.63. The van der Waals surface area contributed by atoms with E-state index in [2.05, 4.69) is 5.32 Å². The fourth-order valence-corrected chi connectivity index (χ4v) is 2.13. The Hall–Kier alpha value is -3.13. The lowest BCUT2D eigenvalue weighted by Gasteiger charge is -2.14. The minimum absolute atomic E-state index is 0.0158. The molecule has 0 aromatic heterocycles. The van der Waals surface area contributed by atoms with Gasteiger partial charge in [0.05, 0.1) is 11.5 Å². The van der Waals surface area contributed by atoms with E-state index in [1.165, 1.54) is 25.3 Å². The number of amides is 1. The molecule has 8 nitrogen and oxygen atoms in total. The minimum atomic E-state index is -1.17. The van der Waals surface area contributed by atoms with Crippen molar-refractivity contribution in [1.29, 1.82) is 0 Å². The number of aryl methyl sites for hydroxylation is 1. The number of nitrogens with zero attached hydrogens (tertiary/aromatic N) is 1. The molecule has 0 aliphatic carbocycles. The van der Waals surface area contributed by atoms with Crippen LogP contribution in [0, 0.1) is 17.0 Å². The first-order chi connectivity index (χ1) is 11.4. The van der Waals surface area contributed by atoms with Gasteiger partial charge in [-0.15, -0.1) is 0 Å². The Morgan fingerprint density at radius 2 is 1.96 bits per heavy atom.